The van der Waals surface area contributed by atoms with Crippen molar-refractivity contribution in [2.75, 3.05) is 5.32 Å². The van der Waals surface area contributed by atoms with Gasteiger partial charge in [-0.15, -0.1) is 0 Å². The lowest BCUT2D eigenvalue weighted by Crippen LogP contribution is -2.08. The highest BCUT2D eigenvalue weighted by Gasteiger charge is 2.10. The van der Waals surface area contributed by atoms with Gasteiger partial charge in [-0.2, -0.15) is 5.26 Å². The summed E-state index contributed by atoms with van der Waals surface area (Å²) in [6.45, 7) is 1.90. The van der Waals surface area contributed by atoms with Gasteiger partial charge >= 0.3 is 0 Å². The van der Waals surface area contributed by atoms with E-state index >= 15 is 0 Å². The molecule has 0 saturated carbocycles. The SMILES string of the molecule is CC(Nc1cccc(Cl)c1F)c1cccc(C#N)c1. The Bertz CT molecular complexity index is 634. The zero-order valence-electron chi connectivity index (χ0n) is 10.3. The number of nitrogens with zero attached hydrogens (tertiary/aromatic N) is 1. The number of rotatable bonds is 3. The summed E-state index contributed by atoms with van der Waals surface area (Å²) in [6, 6.07) is 14.0. The average molecular weight is 275 g/mol. The van der Waals surface area contributed by atoms with E-state index in [-0.39, 0.29) is 11.1 Å². The predicted molar refractivity (Wildman–Crippen MR) is 74.6 cm³/mol. The second kappa shape index (κ2) is 5.73. The van der Waals surface area contributed by atoms with Crippen molar-refractivity contribution in [1.29, 1.82) is 5.26 Å². The summed E-state index contributed by atoms with van der Waals surface area (Å²) >= 11 is 5.73. The highest BCUT2D eigenvalue weighted by molar-refractivity contribution is 6.31. The highest BCUT2D eigenvalue weighted by atomic mass is 35.5. The molecule has 2 rings (SSSR count). The van der Waals surface area contributed by atoms with E-state index in [1.807, 2.05) is 13.0 Å². The van der Waals surface area contributed by atoms with Crippen LogP contribution in [0.25, 0.3) is 0 Å². The maximum Gasteiger partial charge on any atom is 0.164 e. The molecule has 2 aromatic rings. The summed E-state index contributed by atoms with van der Waals surface area (Å²) in [7, 11) is 0. The molecule has 0 aromatic heterocycles. The van der Waals surface area contributed by atoms with Crippen molar-refractivity contribution in [2.24, 2.45) is 0 Å². The van der Waals surface area contributed by atoms with Crippen molar-refractivity contribution in [3.8, 4) is 6.07 Å². The molecule has 0 radical (unpaired) electrons. The molecule has 0 aliphatic heterocycles. The quantitative estimate of drug-likeness (QED) is 0.893. The van der Waals surface area contributed by atoms with E-state index in [0.717, 1.165) is 5.56 Å². The second-order valence-electron chi connectivity index (χ2n) is 4.20. The first-order valence-corrected chi connectivity index (χ1v) is 6.20. The number of nitrogens with one attached hydrogen (secondary N) is 1. The molecule has 1 N–H and O–H groups in total. The van der Waals surface area contributed by atoms with Crippen molar-refractivity contribution in [3.05, 3.63) is 64.4 Å². The smallest absolute Gasteiger partial charge is 0.164 e. The zero-order valence-corrected chi connectivity index (χ0v) is 11.1. The van der Waals surface area contributed by atoms with Crippen LogP contribution in [-0.2, 0) is 0 Å². The van der Waals surface area contributed by atoms with Gasteiger partial charge in [-0.25, -0.2) is 4.39 Å². The van der Waals surface area contributed by atoms with Crippen LogP contribution in [0.2, 0.25) is 5.02 Å². The molecule has 0 bridgehead atoms. The van der Waals surface area contributed by atoms with Crippen molar-refractivity contribution >= 4 is 17.3 Å². The molecule has 2 nitrogen and oxygen atoms in total. The monoisotopic (exact) mass is 274 g/mol. The summed E-state index contributed by atoms with van der Waals surface area (Å²) in [5.41, 5.74) is 1.85. The zero-order chi connectivity index (χ0) is 13.8. The third kappa shape index (κ3) is 3.04. The number of anilines is 1. The van der Waals surface area contributed by atoms with Crippen LogP contribution < -0.4 is 5.32 Å². The summed E-state index contributed by atoms with van der Waals surface area (Å²) in [5.74, 6) is -0.465. The topological polar surface area (TPSA) is 35.8 Å². The lowest BCUT2D eigenvalue weighted by atomic mass is 10.1. The molecule has 1 unspecified atom stereocenters. The molecule has 0 fully saturated rings. The molecule has 19 heavy (non-hydrogen) atoms. The van der Waals surface area contributed by atoms with Crippen molar-refractivity contribution in [3.63, 3.8) is 0 Å². The lowest BCUT2D eigenvalue weighted by Gasteiger charge is -2.16. The van der Waals surface area contributed by atoms with Gasteiger partial charge in [0.2, 0.25) is 0 Å². The predicted octanol–water partition coefficient (Wildman–Crippen LogP) is 4.52. The van der Waals surface area contributed by atoms with Gasteiger partial charge in [0, 0.05) is 6.04 Å². The van der Waals surface area contributed by atoms with E-state index in [0.29, 0.717) is 11.3 Å². The van der Waals surface area contributed by atoms with Gasteiger partial charge in [-0.05, 0) is 36.8 Å². The van der Waals surface area contributed by atoms with Crippen molar-refractivity contribution in [2.45, 2.75) is 13.0 Å². The fourth-order valence-electron chi connectivity index (χ4n) is 1.81. The van der Waals surface area contributed by atoms with E-state index in [1.54, 1.807) is 30.3 Å². The Balaban J connectivity index is 2.23. The van der Waals surface area contributed by atoms with Crippen molar-refractivity contribution in [1.82, 2.24) is 0 Å². The fourth-order valence-corrected chi connectivity index (χ4v) is 1.98. The molecule has 1 atom stereocenters. The summed E-state index contributed by atoms with van der Waals surface area (Å²) < 4.78 is 13.8. The Morgan fingerprint density at radius 1 is 1.26 bits per heavy atom. The molecule has 0 saturated heterocycles. The molecular weight excluding hydrogens is 263 g/mol. The minimum Gasteiger partial charge on any atom is -0.376 e. The maximum atomic E-state index is 13.8. The molecule has 0 aliphatic rings. The van der Waals surface area contributed by atoms with E-state index < -0.39 is 5.82 Å². The maximum absolute atomic E-state index is 13.8. The number of nitriles is 1. The molecule has 0 amide bonds. The van der Waals surface area contributed by atoms with E-state index in [4.69, 9.17) is 16.9 Å². The minimum atomic E-state index is -0.465. The first-order valence-electron chi connectivity index (χ1n) is 5.82. The van der Waals surface area contributed by atoms with Gasteiger partial charge in [0.15, 0.2) is 5.82 Å². The standard InChI is InChI=1S/C15H12ClFN2/c1-10(12-5-2-4-11(8-12)9-18)19-14-7-3-6-13(16)15(14)17/h2-8,10,19H,1H3. The molecular formula is C15H12ClFN2. The summed E-state index contributed by atoms with van der Waals surface area (Å²) in [5, 5.41) is 12.0. The third-order valence-electron chi connectivity index (χ3n) is 2.84. The third-order valence-corrected chi connectivity index (χ3v) is 3.13. The Hall–Kier alpha value is -2.05. The normalized spacial score (nSPS) is 11.7. The van der Waals surface area contributed by atoms with Gasteiger partial charge in [0.1, 0.15) is 0 Å². The molecule has 0 heterocycles. The summed E-state index contributed by atoms with van der Waals surface area (Å²) in [6.07, 6.45) is 0. The minimum absolute atomic E-state index is 0.0861. The van der Waals surface area contributed by atoms with Gasteiger partial charge < -0.3 is 5.32 Å². The Morgan fingerprint density at radius 2 is 2.00 bits per heavy atom. The van der Waals surface area contributed by atoms with Crippen LogP contribution in [0.1, 0.15) is 24.1 Å². The van der Waals surface area contributed by atoms with Crippen LogP contribution in [0.15, 0.2) is 42.5 Å². The first kappa shape index (κ1) is 13.4. The highest BCUT2D eigenvalue weighted by Crippen LogP contribution is 2.26. The van der Waals surface area contributed by atoms with Crippen LogP contribution in [0, 0.1) is 17.1 Å². The number of halogens is 2. The lowest BCUT2D eigenvalue weighted by molar-refractivity contribution is 0.628. The van der Waals surface area contributed by atoms with Crippen LogP contribution in [0.3, 0.4) is 0 Å². The van der Waals surface area contributed by atoms with E-state index in [1.165, 1.54) is 6.07 Å². The molecule has 4 heteroatoms. The number of hydrogen-bond acceptors (Lipinski definition) is 2. The Morgan fingerprint density at radius 3 is 2.74 bits per heavy atom. The second-order valence-corrected chi connectivity index (χ2v) is 4.61. The van der Waals surface area contributed by atoms with Crippen LogP contribution in [-0.4, -0.2) is 0 Å². The van der Waals surface area contributed by atoms with Gasteiger partial charge in [-0.3, -0.25) is 0 Å². The fraction of sp³-hybridized carbons (Fsp3) is 0.133. The summed E-state index contributed by atoms with van der Waals surface area (Å²) in [4.78, 5) is 0. The van der Waals surface area contributed by atoms with Crippen LogP contribution in [0.4, 0.5) is 10.1 Å². The van der Waals surface area contributed by atoms with Gasteiger partial charge in [0.05, 0.1) is 22.3 Å². The largest absolute Gasteiger partial charge is 0.376 e. The Labute approximate surface area is 116 Å². The molecule has 96 valence electrons. The van der Waals surface area contributed by atoms with E-state index in [2.05, 4.69) is 11.4 Å². The number of benzene rings is 2. The molecule has 2 aromatic carbocycles. The molecule has 0 spiro atoms. The van der Waals surface area contributed by atoms with Crippen LogP contribution >= 0.6 is 11.6 Å². The molecule has 0 aliphatic carbocycles. The number of hydrogen-bond donors (Lipinski definition) is 1. The average Bonchev–Trinajstić information content (AvgIpc) is 2.44. The van der Waals surface area contributed by atoms with Gasteiger partial charge in [-0.1, -0.05) is 29.8 Å². The van der Waals surface area contributed by atoms with E-state index in [9.17, 15) is 4.39 Å². The Kier molecular flexibility index (Phi) is 4.03. The van der Waals surface area contributed by atoms with Crippen molar-refractivity contribution < 1.29 is 4.39 Å². The van der Waals surface area contributed by atoms with Crippen LogP contribution in [0.5, 0.6) is 0 Å². The first-order chi connectivity index (χ1) is 9.11. The van der Waals surface area contributed by atoms with Gasteiger partial charge in [0.25, 0.3) is 0 Å².